The van der Waals surface area contributed by atoms with Crippen molar-refractivity contribution in [2.45, 2.75) is 12.5 Å². The van der Waals surface area contributed by atoms with Crippen molar-refractivity contribution in [3.8, 4) is 0 Å². The number of hydrogen-bond acceptors (Lipinski definition) is 5. The molecule has 0 spiro atoms. The van der Waals surface area contributed by atoms with Crippen LogP contribution in [0.15, 0.2) is 90.6 Å². The van der Waals surface area contributed by atoms with Crippen molar-refractivity contribution in [1.29, 1.82) is 0 Å². The Labute approximate surface area is 194 Å². The van der Waals surface area contributed by atoms with Gasteiger partial charge in [0.2, 0.25) is 0 Å². The van der Waals surface area contributed by atoms with E-state index >= 15 is 0 Å². The summed E-state index contributed by atoms with van der Waals surface area (Å²) in [4.78, 5) is 48.0. The molecular formula is C25H21N3O6. The van der Waals surface area contributed by atoms with Crippen LogP contribution in [-0.4, -0.2) is 33.9 Å². The molecule has 0 heterocycles. The Bertz CT molecular complexity index is 1230. The molecule has 172 valence electrons. The van der Waals surface area contributed by atoms with Gasteiger partial charge < -0.3 is 15.7 Å². The van der Waals surface area contributed by atoms with Crippen LogP contribution in [0.4, 0.5) is 5.69 Å². The summed E-state index contributed by atoms with van der Waals surface area (Å²) in [5, 5.41) is 25.6. The standard InChI is InChI=1S/C25H21N3O6/c29-23(19-11-5-2-6-12-19)26-21(16-18-10-7-13-20(14-18)28(33)34)24(30)27-22(25(31)32)15-17-8-3-1-4-9-17/h1-14,16,22H,15H2,(H,26,29)(H,27,30)(H,31,32)/b21-16+/t22-/m1/s1. The zero-order chi connectivity index (χ0) is 24.5. The second kappa shape index (κ2) is 11.2. The molecule has 9 heteroatoms. The smallest absolute Gasteiger partial charge is 0.326 e. The quantitative estimate of drug-likeness (QED) is 0.255. The number of non-ortho nitro benzene ring substituents is 1. The molecule has 0 aromatic heterocycles. The van der Waals surface area contributed by atoms with Crippen LogP contribution in [0, 0.1) is 10.1 Å². The van der Waals surface area contributed by atoms with Gasteiger partial charge in [-0.05, 0) is 29.3 Å². The molecule has 0 aliphatic carbocycles. The number of hydrogen-bond donors (Lipinski definition) is 3. The summed E-state index contributed by atoms with van der Waals surface area (Å²) in [5.41, 5.74) is 0.804. The van der Waals surface area contributed by atoms with Crippen LogP contribution in [0.2, 0.25) is 0 Å². The number of rotatable bonds is 9. The Kier molecular flexibility index (Phi) is 7.85. The van der Waals surface area contributed by atoms with Crippen LogP contribution in [-0.2, 0) is 16.0 Å². The molecular weight excluding hydrogens is 438 g/mol. The largest absolute Gasteiger partial charge is 0.480 e. The molecule has 0 bridgehead atoms. The van der Waals surface area contributed by atoms with Gasteiger partial charge in [0, 0.05) is 24.1 Å². The first-order valence-corrected chi connectivity index (χ1v) is 10.2. The van der Waals surface area contributed by atoms with E-state index in [1.54, 1.807) is 60.7 Å². The van der Waals surface area contributed by atoms with E-state index in [0.717, 1.165) is 0 Å². The third-order valence-electron chi connectivity index (χ3n) is 4.81. The van der Waals surface area contributed by atoms with Gasteiger partial charge in [0.25, 0.3) is 17.5 Å². The van der Waals surface area contributed by atoms with E-state index in [4.69, 9.17) is 0 Å². The van der Waals surface area contributed by atoms with E-state index in [-0.39, 0.29) is 28.9 Å². The first-order valence-electron chi connectivity index (χ1n) is 10.2. The van der Waals surface area contributed by atoms with Gasteiger partial charge in [0.15, 0.2) is 0 Å². The number of nitro groups is 1. The molecule has 0 unspecified atom stereocenters. The van der Waals surface area contributed by atoms with E-state index in [1.807, 2.05) is 0 Å². The number of carboxylic acid groups (broad SMARTS) is 1. The molecule has 1 atom stereocenters. The van der Waals surface area contributed by atoms with Crippen molar-refractivity contribution in [3.63, 3.8) is 0 Å². The molecule has 3 aromatic rings. The van der Waals surface area contributed by atoms with Crippen LogP contribution in [0.5, 0.6) is 0 Å². The first kappa shape index (κ1) is 23.9. The molecule has 3 N–H and O–H groups in total. The summed E-state index contributed by atoms with van der Waals surface area (Å²) < 4.78 is 0. The Hall–Kier alpha value is -4.79. The van der Waals surface area contributed by atoms with Crippen LogP contribution in [0.3, 0.4) is 0 Å². The normalized spacial score (nSPS) is 11.8. The van der Waals surface area contributed by atoms with E-state index < -0.39 is 28.7 Å². The summed E-state index contributed by atoms with van der Waals surface area (Å²) in [6.45, 7) is 0. The van der Waals surface area contributed by atoms with E-state index in [9.17, 15) is 29.6 Å². The Morgan fingerprint density at radius 2 is 1.59 bits per heavy atom. The summed E-state index contributed by atoms with van der Waals surface area (Å²) in [6, 6.07) is 21.1. The summed E-state index contributed by atoms with van der Waals surface area (Å²) >= 11 is 0. The average molecular weight is 459 g/mol. The van der Waals surface area contributed by atoms with Gasteiger partial charge >= 0.3 is 5.97 Å². The van der Waals surface area contributed by atoms with Crippen LogP contribution in [0.25, 0.3) is 6.08 Å². The minimum absolute atomic E-state index is 0.0264. The second-order valence-electron chi connectivity index (χ2n) is 7.28. The fraction of sp³-hybridized carbons (Fsp3) is 0.0800. The maximum absolute atomic E-state index is 13.0. The number of nitrogens with one attached hydrogen (secondary N) is 2. The van der Waals surface area contributed by atoms with Gasteiger partial charge in [-0.2, -0.15) is 0 Å². The number of carbonyl (C=O) groups is 3. The van der Waals surface area contributed by atoms with E-state index in [1.165, 1.54) is 30.3 Å². The van der Waals surface area contributed by atoms with E-state index in [0.29, 0.717) is 5.56 Å². The lowest BCUT2D eigenvalue weighted by molar-refractivity contribution is -0.384. The van der Waals surface area contributed by atoms with Crippen molar-refractivity contribution in [1.82, 2.24) is 10.6 Å². The minimum Gasteiger partial charge on any atom is -0.480 e. The zero-order valence-electron chi connectivity index (χ0n) is 17.9. The van der Waals surface area contributed by atoms with Gasteiger partial charge in [-0.15, -0.1) is 0 Å². The lowest BCUT2D eigenvalue weighted by atomic mass is 10.1. The molecule has 0 aliphatic rings. The summed E-state index contributed by atoms with van der Waals surface area (Å²) in [7, 11) is 0. The monoisotopic (exact) mass is 459 g/mol. The molecule has 0 aliphatic heterocycles. The van der Waals surface area contributed by atoms with E-state index in [2.05, 4.69) is 10.6 Å². The zero-order valence-corrected chi connectivity index (χ0v) is 17.9. The number of carboxylic acids is 1. The highest BCUT2D eigenvalue weighted by atomic mass is 16.6. The Morgan fingerprint density at radius 1 is 0.941 bits per heavy atom. The molecule has 0 saturated carbocycles. The number of carbonyl (C=O) groups excluding carboxylic acids is 2. The predicted molar refractivity (Wildman–Crippen MR) is 125 cm³/mol. The summed E-state index contributed by atoms with van der Waals surface area (Å²) in [6.07, 6.45) is 1.28. The third-order valence-corrected chi connectivity index (χ3v) is 4.81. The van der Waals surface area contributed by atoms with Gasteiger partial charge in [-0.1, -0.05) is 60.7 Å². The van der Waals surface area contributed by atoms with Crippen LogP contribution in [0.1, 0.15) is 21.5 Å². The van der Waals surface area contributed by atoms with Gasteiger partial charge in [0.1, 0.15) is 11.7 Å². The minimum atomic E-state index is -1.27. The number of nitrogens with zero attached hydrogens (tertiary/aromatic N) is 1. The number of amides is 2. The first-order chi connectivity index (χ1) is 16.3. The van der Waals surface area contributed by atoms with Crippen molar-refractivity contribution in [3.05, 3.63) is 117 Å². The Balaban J connectivity index is 1.90. The lowest BCUT2D eigenvalue weighted by Gasteiger charge is -2.17. The maximum Gasteiger partial charge on any atom is 0.326 e. The van der Waals surface area contributed by atoms with Crippen molar-refractivity contribution >= 4 is 29.5 Å². The number of nitro benzene ring substituents is 1. The third kappa shape index (κ3) is 6.60. The molecule has 9 nitrogen and oxygen atoms in total. The van der Waals surface area contributed by atoms with Gasteiger partial charge in [-0.25, -0.2) is 4.79 Å². The van der Waals surface area contributed by atoms with Crippen molar-refractivity contribution in [2.75, 3.05) is 0 Å². The molecule has 3 rings (SSSR count). The van der Waals surface area contributed by atoms with Crippen molar-refractivity contribution < 1.29 is 24.4 Å². The fourth-order valence-corrected chi connectivity index (χ4v) is 3.12. The van der Waals surface area contributed by atoms with Crippen LogP contribution < -0.4 is 10.6 Å². The second-order valence-corrected chi connectivity index (χ2v) is 7.28. The molecule has 3 aromatic carbocycles. The lowest BCUT2D eigenvalue weighted by Crippen LogP contribution is -2.45. The van der Waals surface area contributed by atoms with Crippen LogP contribution >= 0.6 is 0 Å². The SMILES string of the molecule is O=C(N[C@H](Cc1ccccc1)C(=O)O)/C(=C\c1cccc([N+](=O)[O-])c1)NC(=O)c1ccccc1. The molecule has 0 radical (unpaired) electrons. The highest BCUT2D eigenvalue weighted by Crippen LogP contribution is 2.16. The fourth-order valence-electron chi connectivity index (χ4n) is 3.12. The molecule has 2 amide bonds. The molecule has 34 heavy (non-hydrogen) atoms. The Morgan fingerprint density at radius 3 is 2.21 bits per heavy atom. The van der Waals surface area contributed by atoms with Gasteiger partial charge in [0.05, 0.1) is 4.92 Å². The topological polar surface area (TPSA) is 139 Å². The number of benzene rings is 3. The van der Waals surface area contributed by atoms with Gasteiger partial charge in [-0.3, -0.25) is 19.7 Å². The maximum atomic E-state index is 13.0. The molecule has 0 saturated heterocycles. The highest BCUT2D eigenvalue weighted by Gasteiger charge is 2.23. The van der Waals surface area contributed by atoms with Crippen molar-refractivity contribution in [2.24, 2.45) is 0 Å². The number of aliphatic carboxylic acids is 1. The highest BCUT2D eigenvalue weighted by molar-refractivity contribution is 6.06. The average Bonchev–Trinajstić information content (AvgIpc) is 2.84. The predicted octanol–water partition coefficient (Wildman–Crippen LogP) is 3.18. The molecule has 0 fully saturated rings. The summed E-state index contributed by atoms with van der Waals surface area (Å²) in [5.74, 6) is -2.69.